The number of nitrogens with one attached hydrogen (secondary N) is 1. The fourth-order valence-electron chi connectivity index (χ4n) is 3.68. The quantitative estimate of drug-likeness (QED) is 0.920. The number of nitrogens with zero attached hydrogens (tertiary/aromatic N) is 1. The van der Waals surface area contributed by atoms with Crippen LogP contribution in [-0.2, 0) is 4.79 Å². The molecule has 1 atom stereocenters. The smallest absolute Gasteiger partial charge is 0.232 e. The number of amides is 1. The molecule has 2 heterocycles. The van der Waals surface area contributed by atoms with Gasteiger partial charge in [-0.15, -0.1) is 0 Å². The molecule has 25 heavy (non-hydrogen) atoms. The van der Waals surface area contributed by atoms with E-state index in [0.29, 0.717) is 18.7 Å². The van der Waals surface area contributed by atoms with Crippen molar-refractivity contribution in [3.8, 4) is 5.75 Å². The first-order valence-electron chi connectivity index (χ1n) is 8.80. The number of anilines is 2. The van der Waals surface area contributed by atoms with Gasteiger partial charge in [0.15, 0.2) is 0 Å². The van der Waals surface area contributed by atoms with Crippen LogP contribution in [0.3, 0.4) is 0 Å². The Morgan fingerprint density at radius 2 is 1.92 bits per heavy atom. The zero-order valence-electron chi connectivity index (χ0n) is 14.0. The summed E-state index contributed by atoms with van der Waals surface area (Å²) in [7, 11) is 0. The van der Waals surface area contributed by atoms with E-state index in [9.17, 15) is 9.18 Å². The Kier molecular flexibility index (Phi) is 4.30. The summed E-state index contributed by atoms with van der Waals surface area (Å²) in [5.41, 5.74) is 1.93. The standard InChI is InChI=1S/C20H21FN2O2/c21-16-7-5-8-17(23-11-3-4-12-23)19(16)22-20(24)15-10-13-25-18-9-2-1-6-14(15)18/h1-2,5-9,15H,3-4,10-13H2,(H,22,24)/t15-/m1/s1. The molecule has 1 saturated heterocycles. The van der Waals surface area contributed by atoms with Crippen molar-refractivity contribution in [3.63, 3.8) is 0 Å². The summed E-state index contributed by atoms with van der Waals surface area (Å²) in [6.45, 7) is 2.28. The maximum absolute atomic E-state index is 14.5. The van der Waals surface area contributed by atoms with Crippen LogP contribution in [-0.4, -0.2) is 25.6 Å². The molecule has 0 aliphatic carbocycles. The van der Waals surface area contributed by atoms with Crippen molar-refractivity contribution in [2.45, 2.75) is 25.2 Å². The number of ether oxygens (including phenoxy) is 1. The number of carbonyl (C=O) groups excluding carboxylic acids is 1. The molecular formula is C20H21FN2O2. The molecule has 0 bridgehead atoms. The Hall–Kier alpha value is -2.56. The number of halogens is 1. The molecule has 1 N–H and O–H groups in total. The summed E-state index contributed by atoms with van der Waals surface area (Å²) in [5.74, 6) is -0.155. The summed E-state index contributed by atoms with van der Waals surface area (Å²) in [4.78, 5) is 15.0. The van der Waals surface area contributed by atoms with E-state index in [2.05, 4.69) is 10.2 Å². The Labute approximate surface area is 146 Å². The number of carbonyl (C=O) groups is 1. The molecule has 4 nitrogen and oxygen atoms in total. The van der Waals surface area contributed by atoms with Crippen LogP contribution in [0.4, 0.5) is 15.8 Å². The van der Waals surface area contributed by atoms with Gasteiger partial charge in [0.05, 0.1) is 18.2 Å². The Morgan fingerprint density at radius 1 is 1.12 bits per heavy atom. The lowest BCUT2D eigenvalue weighted by atomic mass is 9.92. The van der Waals surface area contributed by atoms with Gasteiger partial charge in [-0.25, -0.2) is 4.39 Å². The number of rotatable bonds is 3. The highest BCUT2D eigenvalue weighted by Gasteiger charge is 2.29. The third kappa shape index (κ3) is 3.06. The fraction of sp³-hybridized carbons (Fsp3) is 0.350. The molecule has 2 aliphatic rings. The molecular weight excluding hydrogens is 319 g/mol. The van der Waals surface area contributed by atoms with Crippen molar-refractivity contribution < 1.29 is 13.9 Å². The zero-order chi connectivity index (χ0) is 17.2. The lowest BCUT2D eigenvalue weighted by molar-refractivity contribution is -0.118. The molecule has 2 aromatic rings. The van der Waals surface area contributed by atoms with Gasteiger partial charge in [0.25, 0.3) is 0 Å². The molecule has 0 saturated carbocycles. The molecule has 0 aromatic heterocycles. The van der Waals surface area contributed by atoms with E-state index >= 15 is 0 Å². The maximum Gasteiger partial charge on any atom is 0.232 e. The first-order valence-corrected chi connectivity index (χ1v) is 8.80. The van der Waals surface area contributed by atoms with E-state index in [1.54, 1.807) is 6.07 Å². The predicted molar refractivity (Wildman–Crippen MR) is 95.8 cm³/mol. The highest BCUT2D eigenvalue weighted by atomic mass is 19.1. The maximum atomic E-state index is 14.5. The van der Waals surface area contributed by atoms with Crippen LogP contribution in [0.5, 0.6) is 5.75 Å². The van der Waals surface area contributed by atoms with Gasteiger partial charge in [-0.05, 0) is 37.5 Å². The topological polar surface area (TPSA) is 41.6 Å². The SMILES string of the molecule is O=C(Nc1c(F)cccc1N1CCCC1)[C@@H]1CCOc2ccccc21. The van der Waals surface area contributed by atoms with Crippen LogP contribution < -0.4 is 15.0 Å². The van der Waals surface area contributed by atoms with Crippen molar-refractivity contribution in [2.75, 3.05) is 29.9 Å². The molecule has 2 aromatic carbocycles. The van der Waals surface area contributed by atoms with E-state index in [1.807, 2.05) is 30.3 Å². The van der Waals surface area contributed by atoms with Gasteiger partial charge in [0.1, 0.15) is 17.3 Å². The molecule has 0 spiro atoms. The third-order valence-electron chi connectivity index (χ3n) is 4.96. The van der Waals surface area contributed by atoms with E-state index in [-0.39, 0.29) is 11.8 Å². The summed E-state index contributed by atoms with van der Waals surface area (Å²) in [6, 6.07) is 12.5. The molecule has 0 radical (unpaired) electrons. The van der Waals surface area contributed by atoms with Gasteiger partial charge < -0.3 is 15.0 Å². The van der Waals surface area contributed by atoms with Gasteiger partial charge in [-0.1, -0.05) is 24.3 Å². The minimum Gasteiger partial charge on any atom is -0.493 e. The highest BCUT2D eigenvalue weighted by Crippen LogP contribution is 2.36. The number of hydrogen-bond donors (Lipinski definition) is 1. The van der Waals surface area contributed by atoms with Gasteiger partial charge >= 0.3 is 0 Å². The molecule has 1 fully saturated rings. The second-order valence-electron chi connectivity index (χ2n) is 6.54. The molecule has 5 heteroatoms. The molecule has 1 amide bonds. The second-order valence-corrected chi connectivity index (χ2v) is 6.54. The normalized spacial score (nSPS) is 19.2. The van der Waals surface area contributed by atoms with Gasteiger partial charge in [-0.3, -0.25) is 4.79 Å². The van der Waals surface area contributed by atoms with Gasteiger partial charge in [0.2, 0.25) is 5.91 Å². The minimum atomic E-state index is -0.391. The average Bonchev–Trinajstić information content (AvgIpc) is 3.17. The summed E-state index contributed by atoms with van der Waals surface area (Å²) < 4.78 is 20.1. The Balaban J connectivity index is 1.62. The lowest BCUT2D eigenvalue weighted by Crippen LogP contribution is -2.28. The van der Waals surface area contributed by atoms with E-state index in [4.69, 9.17) is 4.74 Å². The van der Waals surface area contributed by atoms with E-state index in [0.717, 1.165) is 42.9 Å². The summed E-state index contributed by atoms with van der Waals surface area (Å²) in [5, 5.41) is 2.86. The predicted octanol–water partition coefficient (Wildman–Crippen LogP) is 3.93. The Morgan fingerprint density at radius 3 is 2.76 bits per heavy atom. The molecule has 2 aliphatic heterocycles. The minimum absolute atomic E-state index is 0.179. The number of benzene rings is 2. The molecule has 0 unspecified atom stereocenters. The Bertz CT molecular complexity index is 787. The second kappa shape index (κ2) is 6.75. The van der Waals surface area contributed by atoms with Crippen LogP contribution in [0, 0.1) is 5.82 Å². The van der Waals surface area contributed by atoms with Crippen LogP contribution in [0.2, 0.25) is 0 Å². The van der Waals surface area contributed by atoms with Crippen molar-refractivity contribution in [1.82, 2.24) is 0 Å². The highest BCUT2D eigenvalue weighted by molar-refractivity contribution is 5.99. The first-order chi connectivity index (χ1) is 12.2. The van der Waals surface area contributed by atoms with Crippen LogP contribution >= 0.6 is 0 Å². The molecule has 130 valence electrons. The van der Waals surface area contributed by atoms with E-state index < -0.39 is 5.82 Å². The monoisotopic (exact) mass is 340 g/mol. The van der Waals surface area contributed by atoms with Crippen molar-refractivity contribution >= 4 is 17.3 Å². The fourth-order valence-corrected chi connectivity index (χ4v) is 3.68. The van der Waals surface area contributed by atoms with Crippen LogP contribution in [0.1, 0.15) is 30.7 Å². The average molecular weight is 340 g/mol. The lowest BCUT2D eigenvalue weighted by Gasteiger charge is -2.27. The zero-order valence-corrected chi connectivity index (χ0v) is 14.0. The first kappa shape index (κ1) is 15.9. The number of hydrogen-bond acceptors (Lipinski definition) is 3. The third-order valence-corrected chi connectivity index (χ3v) is 4.96. The number of fused-ring (bicyclic) bond motifs is 1. The van der Waals surface area contributed by atoms with Crippen LogP contribution in [0.15, 0.2) is 42.5 Å². The van der Waals surface area contributed by atoms with Crippen molar-refractivity contribution in [3.05, 3.63) is 53.8 Å². The van der Waals surface area contributed by atoms with Crippen molar-refractivity contribution in [1.29, 1.82) is 0 Å². The van der Waals surface area contributed by atoms with E-state index in [1.165, 1.54) is 6.07 Å². The molecule has 4 rings (SSSR count). The summed E-state index contributed by atoms with van der Waals surface area (Å²) in [6.07, 6.45) is 2.78. The van der Waals surface area contributed by atoms with Gasteiger partial charge in [-0.2, -0.15) is 0 Å². The van der Waals surface area contributed by atoms with Gasteiger partial charge in [0, 0.05) is 18.7 Å². The summed E-state index contributed by atoms with van der Waals surface area (Å²) >= 11 is 0. The number of para-hydroxylation sites is 2. The van der Waals surface area contributed by atoms with Crippen LogP contribution in [0.25, 0.3) is 0 Å². The van der Waals surface area contributed by atoms with Crippen molar-refractivity contribution in [2.24, 2.45) is 0 Å². The largest absolute Gasteiger partial charge is 0.493 e.